The smallest absolute Gasteiger partial charge is 0.254 e. The molecular weight excluding hydrogens is 493 g/mol. The molecule has 0 radical (unpaired) electrons. The highest BCUT2D eigenvalue weighted by Gasteiger charge is 2.41. The van der Waals surface area contributed by atoms with Crippen LogP contribution in [0.1, 0.15) is 41.3 Å². The molecule has 1 aromatic heterocycles. The molecule has 2 aromatic carbocycles. The normalized spacial score (nSPS) is 17.8. The summed E-state index contributed by atoms with van der Waals surface area (Å²) >= 11 is 6.54. The summed E-state index contributed by atoms with van der Waals surface area (Å²) in [5, 5.41) is 0.514. The average molecular weight is 520 g/mol. The van der Waals surface area contributed by atoms with Crippen LogP contribution in [0.5, 0.6) is 5.75 Å². The van der Waals surface area contributed by atoms with Crippen LogP contribution in [0.15, 0.2) is 60.8 Å². The number of rotatable bonds is 7. The number of fused-ring (bicyclic) bond motifs is 1. The Morgan fingerprint density at radius 1 is 1.19 bits per heavy atom. The van der Waals surface area contributed by atoms with E-state index >= 15 is 0 Å². The maximum absolute atomic E-state index is 13.7. The zero-order valence-electron chi connectivity index (χ0n) is 20.4. The van der Waals surface area contributed by atoms with Gasteiger partial charge in [0.05, 0.1) is 18.1 Å². The van der Waals surface area contributed by atoms with Crippen LogP contribution >= 0.6 is 11.6 Å². The molecule has 6 nitrogen and oxygen atoms in total. The summed E-state index contributed by atoms with van der Waals surface area (Å²) in [5.41, 5.74) is 8.46. The van der Waals surface area contributed by atoms with Crippen LogP contribution in [-0.4, -0.2) is 46.4 Å². The van der Waals surface area contributed by atoms with Gasteiger partial charge in [0, 0.05) is 24.6 Å². The van der Waals surface area contributed by atoms with Crippen molar-refractivity contribution in [1.29, 1.82) is 0 Å². The van der Waals surface area contributed by atoms with E-state index in [2.05, 4.69) is 4.98 Å². The van der Waals surface area contributed by atoms with Crippen molar-refractivity contribution in [3.05, 3.63) is 82.5 Å². The molecule has 1 saturated heterocycles. The van der Waals surface area contributed by atoms with Gasteiger partial charge in [-0.3, -0.25) is 9.59 Å². The van der Waals surface area contributed by atoms with Crippen molar-refractivity contribution >= 4 is 35.2 Å². The molecule has 1 atom stereocenters. The van der Waals surface area contributed by atoms with Gasteiger partial charge in [-0.25, -0.2) is 9.37 Å². The number of nitrogen functional groups attached to an aromatic ring is 1. The molecule has 1 unspecified atom stereocenters. The second-order valence-corrected chi connectivity index (χ2v) is 10.3. The number of halogens is 2. The number of aromatic nitrogens is 1. The fraction of sp³-hybridized carbons (Fsp3) is 0.276. The standard InChI is InChI=1S/C29H27ClFN3O3/c1-29(31)16-34(17-29)28(36)20-6-4-19(5-7-20)21-12-22-13-24(37-27(22)25(30)14-21)10-9-23(35)8-2-18-3-11-26(32)33-15-18/h2-8,11-12,14-15,24H,9-10,13,16-17H2,1H3,(H2,32,33)/b8-2+. The third-order valence-corrected chi connectivity index (χ3v) is 6.91. The van der Waals surface area contributed by atoms with Crippen molar-refractivity contribution in [3.8, 4) is 16.9 Å². The molecule has 0 spiro atoms. The Kier molecular flexibility index (Phi) is 6.73. The Balaban J connectivity index is 1.19. The zero-order chi connectivity index (χ0) is 26.2. The number of hydrogen-bond acceptors (Lipinski definition) is 5. The van der Waals surface area contributed by atoms with Gasteiger partial charge in [0.2, 0.25) is 0 Å². The first-order valence-corrected chi connectivity index (χ1v) is 12.5. The van der Waals surface area contributed by atoms with Crippen molar-refractivity contribution in [2.45, 2.75) is 38.0 Å². The van der Waals surface area contributed by atoms with Crippen LogP contribution in [0.25, 0.3) is 17.2 Å². The number of hydrogen-bond donors (Lipinski definition) is 1. The molecule has 190 valence electrons. The lowest BCUT2D eigenvalue weighted by Gasteiger charge is -2.42. The van der Waals surface area contributed by atoms with E-state index < -0.39 is 5.67 Å². The number of alkyl halides is 1. The van der Waals surface area contributed by atoms with E-state index in [1.165, 1.54) is 11.8 Å². The van der Waals surface area contributed by atoms with Crippen LogP contribution in [0, 0.1) is 0 Å². The maximum Gasteiger partial charge on any atom is 0.254 e. The van der Waals surface area contributed by atoms with Gasteiger partial charge in [0.1, 0.15) is 23.3 Å². The van der Waals surface area contributed by atoms with Crippen LogP contribution in [-0.2, 0) is 11.2 Å². The van der Waals surface area contributed by atoms with E-state index in [9.17, 15) is 14.0 Å². The molecular formula is C29H27ClFN3O3. The Morgan fingerprint density at radius 3 is 2.62 bits per heavy atom. The third kappa shape index (κ3) is 5.67. The average Bonchev–Trinajstić information content (AvgIpc) is 3.29. The van der Waals surface area contributed by atoms with Crippen LogP contribution < -0.4 is 10.5 Å². The number of amides is 1. The van der Waals surface area contributed by atoms with Gasteiger partial charge in [-0.15, -0.1) is 0 Å². The van der Waals surface area contributed by atoms with Crippen LogP contribution in [0.2, 0.25) is 5.02 Å². The van der Waals surface area contributed by atoms with E-state index in [-0.39, 0.29) is 30.9 Å². The molecule has 5 rings (SSSR count). The first-order valence-electron chi connectivity index (χ1n) is 12.2. The Labute approximate surface area is 219 Å². The van der Waals surface area contributed by atoms with Gasteiger partial charge in [0.15, 0.2) is 5.78 Å². The molecule has 1 fully saturated rings. The Bertz CT molecular complexity index is 1360. The molecule has 8 heteroatoms. The Morgan fingerprint density at radius 2 is 1.95 bits per heavy atom. The molecule has 2 aliphatic heterocycles. The fourth-order valence-electron chi connectivity index (χ4n) is 4.69. The maximum atomic E-state index is 13.7. The quantitative estimate of drug-likeness (QED) is 0.414. The predicted molar refractivity (Wildman–Crippen MR) is 142 cm³/mol. The molecule has 2 N–H and O–H groups in total. The summed E-state index contributed by atoms with van der Waals surface area (Å²) in [6, 6.07) is 14.6. The number of carbonyl (C=O) groups excluding carboxylic acids is 2. The van der Waals surface area contributed by atoms with Gasteiger partial charge in [-0.2, -0.15) is 0 Å². The molecule has 0 aliphatic carbocycles. The highest BCUT2D eigenvalue weighted by Crippen LogP contribution is 2.40. The van der Waals surface area contributed by atoms with Crippen LogP contribution in [0.3, 0.4) is 0 Å². The van der Waals surface area contributed by atoms with E-state index in [1.807, 2.05) is 24.3 Å². The molecule has 0 saturated carbocycles. The summed E-state index contributed by atoms with van der Waals surface area (Å²) in [4.78, 5) is 30.4. The van der Waals surface area contributed by atoms with E-state index in [0.717, 1.165) is 22.3 Å². The van der Waals surface area contributed by atoms with Crippen LogP contribution in [0.4, 0.5) is 10.2 Å². The highest BCUT2D eigenvalue weighted by molar-refractivity contribution is 6.32. The van der Waals surface area contributed by atoms with E-state index in [4.69, 9.17) is 22.1 Å². The van der Waals surface area contributed by atoms with Crippen molar-refractivity contribution in [1.82, 2.24) is 9.88 Å². The second-order valence-electron chi connectivity index (χ2n) is 9.90. The number of allylic oxidation sites excluding steroid dienone is 1. The number of nitrogens with two attached hydrogens (primary N) is 1. The summed E-state index contributed by atoms with van der Waals surface area (Å²) in [6.07, 6.45) is 6.36. The molecule has 2 aliphatic rings. The fourth-order valence-corrected chi connectivity index (χ4v) is 4.97. The van der Waals surface area contributed by atoms with Gasteiger partial charge in [-0.1, -0.05) is 23.7 Å². The molecule has 37 heavy (non-hydrogen) atoms. The molecule has 0 bridgehead atoms. The summed E-state index contributed by atoms with van der Waals surface area (Å²) in [7, 11) is 0. The monoisotopic (exact) mass is 519 g/mol. The van der Waals surface area contributed by atoms with Crippen molar-refractivity contribution < 1.29 is 18.7 Å². The van der Waals surface area contributed by atoms with Crippen molar-refractivity contribution in [2.75, 3.05) is 18.8 Å². The summed E-state index contributed by atoms with van der Waals surface area (Å²) < 4.78 is 19.8. The molecule has 3 heterocycles. The topological polar surface area (TPSA) is 85.5 Å². The third-order valence-electron chi connectivity index (χ3n) is 6.63. The molecule has 1 amide bonds. The van der Waals surface area contributed by atoms with Crippen molar-refractivity contribution in [3.63, 3.8) is 0 Å². The largest absolute Gasteiger partial charge is 0.488 e. The number of ketones is 1. The van der Waals surface area contributed by atoms with Gasteiger partial charge >= 0.3 is 0 Å². The minimum Gasteiger partial charge on any atom is -0.488 e. The number of ether oxygens (including phenoxy) is 1. The number of nitrogens with zero attached hydrogens (tertiary/aromatic N) is 2. The van der Waals surface area contributed by atoms with Gasteiger partial charge < -0.3 is 15.4 Å². The number of carbonyl (C=O) groups is 2. The first-order chi connectivity index (χ1) is 17.7. The first kappa shape index (κ1) is 25.0. The summed E-state index contributed by atoms with van der Waals surface area (Å²) in [6.45, 7) is 1.75. The lowest BCUT2D eigenvalue weighted by Crippen LogP contribution is -2.59. The number of anilines is 1. The number of likely N-dealkylation sites (tertiary alicyclic amines) is 1. The van der Waals surface area contributed by atoms with E-state index in [1.54, 1.807) is 42.6 Å². The SMILES string of the molecule is CC1(F)CN(C(=O)c2ccc(-c3cc(Cl)c4c(c3)CC(CCC(=O)/C=C/c3ccc(N)nc3)O4)cc2)C1. The van der Waals surface area contributed by atoms with Gasteiger partial charge in [-0.05, 0) is 84.1 Å². The predicted octanol–water partition coefficient (Wildman–Crippen LogP) is 5.53. The summed E-state index contributed by atoms with van der Waals surface area (Å²) in [5.74, 6) is 0.932. The van der Waals surface area contributed by atoms with Crippen molar-refractivity contribution in [2.24, 2.45) is 0 Å². The van der Waals surface area contributed by atoms with Gasteiger partial charge in [0.25, 0.3) is 5.91 Å². The number of pyridine rings is 1. The minimum absolute atomic E-state index is 0.00664. The lowest BCUT2D eigenvalue weighted by atomic mass is 9.96. The molecule has 3 aromatic rings. The zero-order valence-corrected chi connectivity index (χ0v) is 21.2. The lowest BCUT2D eigenvalue weighted by molar-refractivity contribution is -0.115. The number of benzene rings is 2. The highest BCUT2D eigenvalue weighted by atomic mass is 35.5. The minimum atomic E-state index is -1.30. The second kappa shape index (κ2) is 9.98. The van der Waals surface area contributed by atoms with E-state index in [0.29, 0.717) is 41.4 Å². The Hall–Kier alpha value is -3.71.